The minimum absolute atomic E-state index is 0.0405. The highest BCUT2D eigenvalue weighted by Gasteiger charge is 2.22. The van der Waals surface area contributed by atoms with Crippen molar-refractivity contribution in [1.82, 2.24) is 4.90 Å². The van der Waals surface area contributed by atoms with Crippen molar-refractivity contribution in [2.45, 2.75) is 25.8 Å². The van der Waals surface area contributed by atoms with E-state index in [1.54, 1.807) is 17.0 Å². The maximum absolute atomic E-state index is 12.5. The third-order valence-electron chi connectivity index (χ3n) is 4.58. The molecule has 0 saturated heterocycles. The van der Waals surface area contributed by atoms with E-state index in [-0.39, 0.29) is 24.7 Å². The predicted octanol–water partition coefficient (Wildman–Crippen LogP) is 3.46. The van der Waals surface area contributed by atoms with Crippen LogP contribution >= 0.6 is 0 Å². The minimum atomic E-state index is -0.904. The zero-order chi connectivity index (χ0) is 19.9. The number of carboxylic acids is 1. The maximum Gasteiger partial charge on any atom is 0.303 e. The van der Waals surface area contributed by atoms with Crippen LogP contribution in [-0.4, -0.2) is 34.3 Å². The summed E-state index contributed by atoms with van der Waals surface area (Å²) < 4.78 is 0. The molecule has 1 heterocycles. The van der Waals surface area contributed by atoms with Gasteiger partial charge in [0.15, 0.2) is 0 Å². The molecule has 0 aromatic heterocycles. The molecule has 1 aliphatic rings. The fraction of sp³-hybridized carbons (Fsp3) is 0.227. The molecule has 2 amide bonds. The number of hydrogen-bond donors (Lipinski definition) is 2. The van der Waals surface area contributed by atoms with Gasteiger partial charge in [0.25, 0.3) is 5.91 Å². The van der Waals surface area contributed by atoms with Gasteiger partial charge in [-0.05, 0) is 42.7 Å². The lowest BCUT2D eigenvalue weighted by molar-refractivity contribution is -0.137. The fourth-order valence-corrected chi connectivity index (χ4v) is 3.09. The Morgan fingerprint density at radius 2 is 1.75 bits per heavy atom. The van der Waals surface area contributed by atoms with Crippen LogP contribution in [-0.2, 0) is 16.1 Å². The molecule has 2 aromatic carbocycles. The van der Waals surface area contributed by atoms with E-state index >= 15 is 0 Å². The van der Waals surface area contributed by atoms with Crippen molar-refractivity contribution in [3.8, 4) is 0 Å². The van der Waals surface area contributed by atoms with Crippen molar-refractivity contribution in [2.24, 2.45) is 0 Å². The molecule has 0 radical (unpaired) electrons. The Morgan fingerprint density at radius 3 is 2.43 bits per heavy atom. The average Bonchev–Trinajstić information content (AvgIpc) is 2.70. The van der Waals surface area contributed by atoms with Gasteiger partial charge in [0.05, 0.1) is 0 Å². The lowest BCUT2D eigenvalue weighted by Gasteiger charge is -2.27. The zero-order valence-corrected chi connectivity index (χ0v) is 15.4. The molecule has 6 nitrogen and oxygen atoms in total. The first-order valence-electron chi connectivity index (χ1n) is 9.18. The monoisotopic (exact) mass is 378 g/mol. The summed E-state index contributed by atoms with van der Waals surface area (Å²) in [6.07, 6.45) is 2.78. The van der Waals surface area contributed by atoms with Crippen LogP contribution in [0, 0.1) is 0 Å². The SMILES string of the molecule is O=C(O)CCC1=CCCN(Cc2ccc(NC(=O)c3ccccc3)cc2)C1=O. The maximum atomic E-state index is 12.5. The molecule has 0 spiro atoms. The van der Waals surface area contributed by atoms with E-state index in [1.807, 2.05) is 48.5 Å². The van der Waals surface area contributed by atoms with Gasteiger partial charge in [-0.3, -0.25) is 14.4 Å². The van der Waals surface area contributed by atoms with Crippen molar-refractivity contribution in [3.63, 3.8) is 0 Å². The van der Waals surface area contributed by atoms with Gasteiger partial charge in [0, 0.05) is 36.3 Å². The number of anilines is 1. The van der Waals surface area contributed by atoms with Crippen molar-refractivity contribution < 1.29 is 19.5 Å². The van der Waals surface area contributed by atoms with Crippen LogP contribution in [0.3, 0.4) is 0 Å². The van der Waals surface area contributed by atoms with E-state index in [4.69, 9.17) is 5.11 Å². The number of amides is 2. The molecule has 2 N–H and O–H groups in total. The summed E-state index contributed by atoms with van der Waals surface area (Å²) in [7, 11) is 0. The van der Waals surface area contributed by atoms with E-state index in [0.717, 1.165) is 12.0 Å². The Kier molecular flexibility index (Phi) is 6.22. The second-order valence-corrected chi connectivity index (χ2v) is 6.66. The Hall–Kier alpha value is -3.41. The highest BCUT2D eigenvalue weighted by Crippen LogP contribution is 2.20. The van der Waals surface area contributed by atoms with Gasteiger partial charge < -0.3 is 15.3 Å². The second-order valence-electron chi connectivity index (χ2n) is 6.66. The summed E-state index contributed by atoms with van der Waals surface area (Å²) in [5, 5.41) is 11.7. The number of carbonyl (C=O) groups excluding carboxylic acids is 2. The van der Waals surface area contributed by atoms with Crippen LogP contribution in [0.5, 0.6) is 0 Å². The standard InChI is InChI=1S/C22H22N2O4/c25-20(26)13-10-18-7-4-14-24(22(18)28)15-16-8-11-19(12-9-16)23-21(27)17-5-2-1-3-6-17/h1-3,5-9,11-12H,4,10,13-15H2,(H,23,27)(H,25,26). The highest BCUT2D eigenvalue weighted by atomic mass is 16.4. The summed E-state index contributed by atoms with van der Waals surface area (Å²) >= 11 is 0. The van der Waals surface area contributed by atoms with Crippen molar-refractivity contribution in [1.29, 1.82) is 0 Å². The molecule has 0 bridgehead atoms. The van der Waals surface area contributed by atoms with Crippen molar-refractivity contribution in [2.75, 3.05) is 11.9 Å². The Morgan fingerprint density at radius 1 is 1.04 bits per heavy atom. The number of carbonyl (C=O) groups is 3. The molecule has 0 fully saturated rings. The number of aliphatic carboxylic acids is 1. The topological polar surface area (TPSA) is 86.7 Å². The fourth-order valence-electron chi connectivity index (χ4n) is 3.09. The molecule has 0 aliphatic carbocycles. The molecule has 0 atom stereocenters. The van der Waals surface area contributed by atoms with Gasteiger partial charge in [-0.15, -0.1) is 0 Å². The highest BCUT2D eigenvalue weighted by molar-refractivity contribution is 6.04. The van der Waals surface area contributed by atoms with Gasteiger partial charge in [-0.1, -0.05) is 36.4 Å². The van der Waals surface area contributed by atoms with E-state index in [1.165, 1.54) is 0 Å². The molecular formula is C22H22N2O4. The first kappa shape index (κ1) is 19.4. The molecule has 0 unspecified atom stereocenters. The van der Waals surface area contributed by atoms with E-state index in [9.17, 15) is 14.4 Å². The Labute approximate surface area is 163 Å². The normalized spacial score (nSPS) is 13.8. The average molecular weight is 378 g/mol. The Balaban J connectivity index is 1.58. The third-order valence-corrected chi connectivity index (χ3v) is 4.58. The van der Waals surface area contributed by atoms with Gasteiger partial charge in [-0.25, -0.2) is 0 Å². The molecular weight excluding hydrogens is 356 g/mol. The van der Waals surface area contributed by atoms with Gasteiger partial charge >= 0.3 is 5.97 Å². The summed E-state index contributed by atoms with van der Waals surface area (Å²) in [4.78, 5) is 37.2. The molecule has 28 heavy (non-hydrogen) atoms. The molecule has 0 saturated carbocycles. The second kappa shape index (κ2) is 8.99. The molecule has 1 aliphatic heterocycles. The lowest BCUT2D eigenvalue weighted by atomic mass is 10.0. The van der Waals surface area contributed by atoms with Crippen LogP contribution in [0.2, 0.25) is 0 Å². The number of nitrogens with one attached hydrogen (secondary N) is 1. The largest absolute Gasteiger partial charge is 0.481 e. The van der Waals surface area contributed by atoms with Crippen molar-refractivity contribution in [3.05, 3.63) is 77.4 Å². The first-order valence-corrected chi connectivity index (χ1v) is 9.18. The summed E-state index contributed by atoms with van der Waals surface area (Å²) in [6, 6.07) is 16.4. The summed E-state index contributed by atoms with van der Waals surface area (Å²) in [5.74, 6) is -1.18. The first-order chi connectivity index (χ1) is 13.5. The predicted molar refractivity (Wildman–Crippen MR) is 106 cm³/mol. The number of nitrogens with zero attached hydrogens (tertiary/aromatic N) is 1. The van der Waals surface area contributed by atoms with Gasteiger partial charge in [0.2, 0.25) is 5.91 Å². The quantitative estimate of drug-likeness (QED) is 0.772. The molecule has 2 aromatic rings. The minimum Gasteiger partial charge on any atom is -0.481 e. The third kappa shape index (κ3) is 5.07. The number of rotatable bonds is 7. The van der Waals surface area contributed by atoms with E-state index < -0.39 is 5.97 Å². The number of hydrogen-bond acceptors (Lipinski definition) is 3. The molecule has 3 rings (SSSR count). The van der Waals surface area contributed by atoms with E-state index in [2.05, 4.69) is 5.32 Å². The smallest absolute Gasteiger partial charge is 0.303 e. The van der Waals surface area contributed by atoms with Crippen LogP contribution in [0.4, 0.5) is 5.69 Å². The molecule has 6 heteroatoms. The lowest BCUT2D eigenvalue weighted by Crippen LogP contribution is -2.35. The summed E-state index contributed by atoms with van der Waals surface area (Å²) in [6.45, 7) is 1.07. The van der Waals surface area contributed by atoms with Crippen LogP contribution in [0.1, 0.15) is 35.2 Å². The van der Waals surface area contributed by atoms with Gasteiger partial charge in [-0.2, -0.15) is 0 Å². The van der Waals surface area contributed by atoms with E-state index in [0.29, 0.717) is 29.9 Å². The zero-order valence-electron chi connectivity index (χ0n) is 15.4. The van der Waals surface area contributed by atoms with Crippen LogP contribution in [0.15, 0.2) is 66.2 Å². The number of carboxylic acid groups (broad SMARTS) is 1. The van der Waals surface area contributed by atoms with Crippen LogP contribution in [0.25, 0.3) is 0 Å². The Bertz CT molecular complexity index is 889. The van der Waals surface area contributed by atoms with Gasteiger partial charge in [0.1, 0.15) is 0 Å². The van der Waals surface area contributed by atoms with Crippen LogP contribution < -0.4 is 5.32 Å². The summed E-state index contributed by atoms with van der Waals surface area (Å²) in [5.41, 5.74) is 2.79. The van der Waals surface area contributed by atoms with Crippen molar-refractivity contribution >= 4 is 23.5 Å². The molecule has 144 valence electrons. The number of benzene rings is 2.